The van der Waals surface area contributed by atoms with Crippen LogP contribution in [0.15, 0.2) is 53.4 Å². The third-order valence-electron chi connectivity index (χ3n) is 3.45. The van der Waals surface area contributed by atoms with E-state index >= 15 is 0 Å². The molecule has 1 aliphatic heterocycles. The van der Waals surface area contributed by atoms with Crippen LogP contribution in [0.4, 0.5) is 0 Å². The van der Waals surface area contributed by atoms with Crippen LogP contribution in [0.1, 0.15) is 18.5 Å². The molecule has 116 valence electrons. The minimum atomic E-state index is -3.55. The van der Waals surface area contributed by atoms with Crippen LogP contribution in [0.25, 0.3) is 0 Å². The van der Waals surface area contributed by atoms with Crippen molar-refractivity contribution in [2.24, 2.45) is 0 Å². The molecule has 0 saturated heterocycles. The zero-order valence-corrected chi connectivity index (χ0v) is 13.0. The quantitative estimate of drug-likeness (QED) is 0.940. The second kappa shape index (κ2) is 5.98. The number of sulfonamides is 1. The Hall–Kier alpha value is -2.05. The molecular formula is C16H17NO4S. The lowest BCUT2D eigenvalue weighted by atomic mass is 10.1. The molecule has 0 fully saturated rings. The van der Waals surface area contributed by atoms with E-state index in [1.165, 1.54) is 0 Å². The van der Waals surface area contributed by atoms with Crippen LogP contribution in [0.2, 0.25) is 0 Å². The summed E-state index contributed by atoms with van der Waals surface area (Å²) in [7, 11) is -3.55. The van der Waals surface area contributed by atoms with E-state index in [9.17, 15) is 8.42 Å². The molecule has 0 radical (unpaired) electrons. The van der Waals surface area contributed by atoms with Gasteiger partial charge in [-0.2, -0.15) is 0 Å². The van der Waals surface area contributed by atoms with Gasteiger partial charge in [-0.3, -0.25) is 0 Å². The normalized spacial score (nSPS) is 15.3. The van der Waals surface area contributed by atoms with Crippen molar-refractivity contribution in [3.05, 3.63) is 54.1 Å². The van der Waals surface area contributed by atoms with Gasteiger partial charge in [0.15, 0.2) is 11.5 Å². The molecule has 0 amide bonds. The highest BCUT2D eigenvalue weighted by molar-refractivity contribution is 7.89. The summed E-state index contributed by atoms with van der Waals surface area (Å²) in [5.74, 6) is 1.34. The van der Waals surface area contributed by atoms with Crippen molar-refractivity contribution in [2.75, 3.05) is 13.2 Å². The van der Waals surface area contributed by atoms with E-state index in [2.05, 4.69) is 4.72 Å². The SMILES string of the molecule is C[C@@H](NS(=O)(=O)c1ccccc1)c1ccc2c(c1)OCCO2. The summed E-state index contributed by atoms with van der Waals surface area (Å²) in [6, 6.07) is 13.4. The third kappa shape index (κ3) is 3.08. The maximum Gasteiger partial charge on any atom is 0.241 e. The molecule has 2 aromatic rings. The lowest BCUT2D eigenvalue weighted by Gasteiger charge is -2.21. The van der Waals surface area contributed by atoms with Crippen LogP contribution in [0.5, 0.6) is 11.5 Å². The summed E-state index contributed by atoms with van der Waals surface area (Å²) in [6.45, 7) is 2.83. The van der Waals surface area contributed by atoms with Gasteiger partial charge in [0.2, 0.25) is 10.0 Å². The summed E-state index contributed by atoms with van der Waals surface area (Å²) in [6.07, 6.45) is 0. The van der Waals surface area contributed by atoms with E-state index in [0.29, 0.717) is 24.7 Å². The predicted molar refractivity (Wildman–Crippen MR) is 82.6 cm³/mol. The van der Waals surface area contributed by atoms with Crippen LogP contribution >= 0.6 is 0 Å². The monoisotopic (exact) mass is 319 g/mol. The Balaban J connectivity index is 1.81. The standard InChI is InChI=1S/C16H17NO4S/c1-12(17-22(18,19)14-5-3-2-4-6-14)13-7-8-15-16(11-13)21-10-9-20-15/h2-8,11-12,17H,9-10H2,1H3/t12-/m1/s1. The highest BCUT2D eigenvalue weighted by Gasteiger charge is 2.20. The zero-order valence-electron chi connectivity index (χ0n) is 12.2. The molecule has 1 heterocycles. The molecule has 1 aliphatic rings. The second-order valence-electron chi connectivity index (χ2n) is 5.06. The fourth-order valence-electron chi connectivity index (χ4n) is 2.30. The Morgan fingerprint density at radius 2 is 1.68 bits per heavy atom. The molecule has 0 spiro atoms. The zero-order chi connectivity index (χ0) is 15.6. The van der Waals surface area contributed by atoms with Gasteiger partial charge < -0.3 is 9.47 Å². The Morgan fingerprint density at radius 3 is 2.41 bits per heavy atom. The lowest BCUT2D eigenvalue weighted by molar-refractivity contribution is 0.171. The van der Waals surface area contributed by atoms with Gasteiger partial charge >= 0.3 is 0 Å². The van der Waals surface area contributed by atoms with Gasteiger partial charge in [-0.1, -0.05) is 24.3 Å². The van der Waals surface area contributed by atoms with Crippen molar-refractivity contribution in [1.29, 1.82) is 0 Å². The summed E-state index contributed by atoms with van der Waals surface area (Å²) >= 11 is 0. The summed E-state index contributed by atoms with van der Waals surface area (Å²) < 4.78 is 38.3. The van der Waals surface area contributed by atoms with Crippen molar-refractivity contribution in [3.8, 4) is 11.5 Å². The maximum atomic E-state index is 12.3. The van der Waals surface area contributed by atoms with Crippen molar-refractivity contribution in [1.82, 2.24) is 4.72 Å². The molecule has 1 N–H and O–H groups in total. The van der Waals surface area contributed by atoms with Gasteiger partial charge in [-0.15, -0.1) is 0 Å². The number of ether oxygens (including phenoxy) is 2. The first-order valence-corrected chi connectivity index (χ1v) is 8.51. The average molecular weight is 319 g/mol. The van der Waals surface area contributed by atoms with Crippen LogP contribution < -0.4 is 14.2 Å². The molecule has 0 aliphatic carbocycles. The van der Waals surface area contributed by atoms with E-state index in [0.717, 1.165) is 5.56 Å². The minimum absolute atomic E-state index is 0.249. The molecule has 22 heavy (non-hydrogen) atoms. The Kier molecular flexibility index (Phi) is 4.04. The second-order valence-corrected chi connectivity index (χ2v) is 6.77. The molecule has 3 rings (SSSR count). The first kappa shape index (κ1) is 14.9. The fourth-order valence-corrected chi connectivity index (χ4v) is 3.55. The number of benzene rings is 2. The molecule has 1 atom stereocenters. The number of rotatable bonds is 4. The molecule has 6 heteroatoms. The average Bonchev–Trinajstić information content (AvgIpc) is 2.55. The number of fused-ring (bicyclic) bond motifs is 1. The van der Waals surface area contributed by atoms with Gasteiger partial charge in [0.05, 0.1) is 4.90 Å². The largest absolute Gasteiger partial charge is 0.486 e. The number of hydrogen-bond donors (Lipinski definition) is 1. The van der Waals surface area contributed by atoms with Crippen molar-refractivity contribution < 1.29 is 17.9 Å². The van der Waals surface area contributed by atoms with Gasteiger partial charge in [0.25, 0.3) is 0 Å². The van der Waals surface area contributed by atoms with E-state index in [1.807, 2.05) is 12.1 Å². The van der Waals surface area contributed by atoms with Crippen LogP contribution in [0.3, 0.4) is 0 Å². The summed E-state index contributed by atoms with van der Waals surface area (Å²) in [5.41, 5.74) is 0.823. The van der Waals surface area contributed by atoms with E-state index < -0.39 is 10.0 Å². The molecule has 0 unspecified atom stereocenters. The van der Waals surface area contributed by atoms with Crippen molar-refractivity contribution in [3.63, 3.8) is 0 Å². The van der Waals surface area contributed by atoms with Crippen LogP contribution in [-0.2, 0) is 10.0 Å². The Bertz CT molecular complexity index is 759. The molecule has 2 aromatic carbocycles. The van der Waals surface area contributed by atoms with Gasteiger partial charge in [0.1, 0.15) is 13.2 Å². The van der Waals surface area contributed by atoms with Crippen LogP contribution in [-0.4, -0.2) is 21.6 Å². The fraction of sp³-hybridized carbons (Fsp3) is 0.250. The molecule has 5 nitrogen and oxygen atoms in total. The molecule has 0 saturated carbocycles. The topological polar surface area (TPSA) is 64.6 Å². The lowest BCUT2D eigenvalue weighted by Crippen LogP contribution is -2.27. The Labute approximate surface area is 129 Å². The Morgan fingerprint density at radius 1 is 1.00 bits per heavy atom. The molecular weight excluding hydrogens is 302 g/mol. The third-order valence-corrected chi connectivity index (χ3v) is 5.01. The molecule has 0 aromatic heterocycles. The predicted octanol–water partition coefficient (Wildman–Crippen LogP) is 2.50. The van der Waals surface area contributed by atoms with E-state index in [4.69, 9.17) is 9.47 Å². The highest BCUT2D eigenvalue weighted by Crippen LogP contribution is 2.32. The smallest absolute Gasteiger partial charge is 0.241 e. The van der Waals surface area contributed by atoms with Crippen LogP contribution in [0, 0.1) is 0 Å². The minimum Gasteiger partial charge on any atom is -0.486 e. The first-order chi connectivity index (χ1) is 10.6. The highest BCUT2D eigenvalue weighted by atomic mass is 32.2. The van der Waals surface area contributed by atoms with Crippen molar-refractivity contribution >= 4 is 10.0 Å². The summed E-state index contributed by atoms with van der Waals surface area (Å²) in [4.78, 5) is 0.249. The number of nitrogens with one attached hydrogen (secondary N) is 1. The van der Waals surface area contributed by atoms with Gasteiger partial charge in [-0.25, -0.2) is 13.1 Å². The first-order valence-electron chi connectivity index (χ1n) is 7.03. The van der Waals surface area contributed by atoms with E-state index in [1.54, 1.807) is 43.3 Å². The van der Waals surface area contributed by atoms with E-state index in [-0.39, 0.29) is 10.9 Å². The van der Waals surface area contributed by atoms with Crippen molar-refractivity contribution in [2.45, 2.75) is 17.9 Å². The summed E-state index contributed by atoms with van der Waals surface area (Å²) in [5, 5.41) is 0. The maximum absolute atomic E-state index is 12.3. The van der Waals surface area contributed by atoms with Gasteiger partial charge in [0, 0.05) is 6.04 Å². The number of hydrogen-bond acceptors (Lipinski definition) is 4. The molecule has 0 bridgehead atoms. The van der Waals surface area contributed by atoms with Gasteiger partial charge in [-0.05, 0) is 36.8 Å².